The molecular weight excluding hydrogens is 330 g/mol. The van der Waals surface area contributed by atoms with Gasteiger partial charge in [0.25, 0.3) is 0 Å². The van der Waals surface area contributed by atoms with Gasteiger partial charge in [-0.15, -0.1) is 0 Å². The summed E-state index contributed by atoms with van der Waals surface area (Å²) >= 11 is 0. The van der Waals surface area contributed by atoms with Crippen molar-refractivity contribution in [3.05, 3.63) is 30.3 Å². The fraction of sp³-hybridized carbons (Fsp3) is 0.500. The van der Waals surface area contributed by atoms with Gasteiger partial charge >= 0.3 is 0 Å². The van der Waals surface area contributed by atoms with E-state index in [0.717, 1.165) is 12.7 Å². The zero-order chi connectivity index (χ0) is 17.7. The Balaban J connectivity index is 2.26. The summed E-state index contributed by atoms with van der Waals surface area (Å²) in [6, 6.07) is 7.86. The van der Waals surface area contributed by atoms with E-state index in [-0.39, 0.29) is 5.91 Å². The van der Waals surface area contributed by atoms with Crippen molar-refractivity contribution in [2.75, 3.05) is 36.7 Å². The molecule has 1 aliphatic heterocycles. The molecule has 0 unspecified atom stereocenters. The number of benzene rings is 1. The molecule has 1 atom stereocenters. The molecule has 0 aliphatic carbocycles. The van der Waals surface area contributed by atoms with Crippen molar-refractivity contribution >= 4 is 28.0 Å². The predicted molar refractivity (Wildman–Crippen MR) is 92.1 cm³/mol. The molecule has 1 aliphatic rings. The monoisotopic (exact) mass is 353 g/mol. The first-order chi connectivity index (χ1) is 11.4. The van der Waals surface area contributed by atoms with Crippen molar-refractivity contribution in [3.8, 4) is 0 Å². The number of hydrogen-bond acceptors (Lipinski definition) is 4. The van der Waals surface area contributed by atoms with Crippen LogP contribution in [0.4, 0.5) is 5.69 Å². The molecule has 2 rings (SSSR count). The van der Waals surface area contributed by atoms with Crippen LogP contribution in [0.2, 0.25) is 0 Å². The molecule has 1 aromatic carbocycles. The minimum Gasteiger partial charge on any atom is -0.342 e. The van der Waals surface area contributed by atoms with E-state index in [9.17, 15) is 18.0 Å². The van der Waals surface area contributed by atoms with Crippen LogP contribution in [0.25, 0.3) is 0 Å². The SMILES string of the molecule is CC[C@H](C(=O)N1CCN(C=O)CC1)N(c1ccccc1)S(C)(=O)=O. The normalized spacial score (nSPS) is 16.6. The quantitative estimate of drug-likeness (QED) is 0.699. The zero-order valence-corrected chi connectivity index (χ0v) is 14.8. The standard InChI is InChI=1S/C16H23N3O4S/c1-3-15(16(21)18-11-9-17(13-20)10-12-18)19(24(2,22)23)14-7-5-4-6-8-14/h4-8,13,15H,3,9-12H2,1-2H3/t15-/m1/s1. The molecule has 8 heteroatoms. The second-order valence-electron chi connectivity index (χ2n) is 5.79. The van der Waals surface area contributed by atoms with Gasteiger partial charge in [-0.25, -0.2) is 8.42 Å². The van der Waals surface area contributed by atoms with Gasteiger partial charge in [-0.3, -0.25) is 13.9 Å². The number of amides is 2. The van der Waals surface area contributed by atoms with E-state index in [1.165, 1.54) is 4.31 Å². The number of sulfonamides is 1. The number of rotatable bonds is 6. The van der Waals surface area contributed by atoms with Crippen LogP contribution in [0.3, 0.4) is 0 Å². The molecule has 0 spiro atoms. The van der Waals surface area contributed by atoms with Crippen LogP contribution in [-0.4, -0.2) is 69.0 Å². The number of hydrogen-bond donors (Lipinski definition) is 0. The van der Waals surface area contributed by atoms with E-state index >= 15 is 0 Å². The van der Waals surface area contributed by atoms with Gasteiger partial charge in [-0.2, -0.15) is 0 Å². The molecule has 1 heterocycles. The number of carbonyl (C=O) groups is 2. The molecule has 132 valence electrons. The van der Waals surface area contributed by atoms with Crippen molar-refractivity contribution in [1.82, 2.24) is 9.80 Å². The lowest BCUT2D eigenvalue weighted by Crippen LogP contribution is -2.55. The Hall–Kier alpha value is -2.09. The van der Waals surface area contributed by atoms with Crippen molar-refractivity contribution in [2.45, 2.75) is 19.4 Å². The smallest absolute Gasteiger partial charge is 0.246 e. The van der Waals surface area contributed by atoms with Gasteiger partial charge in [-0.05, 0) is 18.6 Å². The van der Waals surface area contributed by atoms with E-state index in [0.29, 0.717) is 38.3 Å². The minimum absolute atomic E-state index is 0.225. The average molecular weight is 353 g/mol. The van der Waals surface area contributed by atoms with E-state index in [2.05, 4.69) is 0 Å². The highest BCUT2D eigenvalue weighted by atomic mass is 32.2. The first-order valence-electron chi connectivity index (χ1n) is 7.91. The molecule has 1 fully saturated rings. The molecular formula is C16H23N3O4S. The largest absolute Gasteiger partial charge is 0.342 e. The number of piperazine rings is 1. The van der Waals surface area contributed by atoms with E-state index < -0.39 is 16.1 Å². The molecule has 0 saturated carbocycles. The van der Waals surface area contributed by atoms with E-state index in [4.69, 9.17) is 0 Å². The maximum atomic E-state index is 12.9. The lowest BCUT2D eigenvalue weighted by atomic mass is 10.1. The number of para-hydroxylation sites is 1. The summed E-state index contributed by atoms with van der Waals surface area (Å²) in [5, 5.41) is 0. The molecule has 0 aromatic heterocycles. The van der Waals surface area contributed by atoms with Crippen LogP contribution < -0.4 is 4.31 Å². The van der Waals surface area contributed by atoms with E-state index in [1.807, 2.05) is 0 Å². The minimum atomic E-state index is -3.61. The van der Waals surface area contributed by atoms with Gasteiger partial charge < -0.3 is 9.80 Å². The van der Waals surface area contributed by atoms with Crippen LogP contribution >= 0.6 is 0 Å². The lowest BCUT2D eigenvalue weighted by molar-refractivity contribution is -0.136. The Morgan fingerprint density at radius 2 is 1.79 bits per heavy atom. The van der Waals surface area contributed by atoms with Crippen LogP contribution in [0.1, 0.15) is 13.3 Å². The Bertz CT molecular complexity index is 670. The summed E-state index contributed by atoms with van der Waals surface area (Å²) < 4.78 is 25.8. The summed E-state index contributed by atoms with van der Waals surface area (Å²) in [4.78, 5) is 26.9. The second-order valence-corrected chi connectivity index (χ2v) is 7.64. The third-order valence-electron chi connectivity index (χ3n) is 4.10. The summed E-state index contributed by atoms with van der Waals surface area (Å²) in [5.41, 5.74) is 0.478. The predicted octanol–water partition coefficient (Wildman–Crippen LogP) is 0.532. The van der Waals surface area contributed by atoms with Crippen molar-refractivity contribution in [3.63, 3.8) is 0 Å². The van der Waals surface area contributed by atoms with Crippen molar-refractivity contribution in [1.29, 1.82) is 0 Å². The summed E-state index contributed by atoms with van der Waals surface area (Å²) in [7, 11) is -3.61. The van der Waals surface area contributed by atoms with Gasteiger partial charge in [0.15, 0.2) is 0 Å². The molecule has 1 aromatic rings. The molecule has 2 amide bonds. The first-order valence-corrected chi connectivity index (χ1v) is 9.76. The lowest BCUT2D eigenvalue weighted by Gasteiger charge is -2.37. The fourth-order valence-electron chi connectivity index (χ4n) is 2.88. The van der Waals surface area contributed by atoms with Gasteiger partial charge in [0.05, 0.1) is 11.9 Å². The summed E-state index contributed by atoms with van der Waals surface area (Å²) in [6.45, 7) is 3.57. The molecule has 24 heavy (non-hydrogen) atoms. The highest BCUT2D eigenvalue weighted by molar-refractivity contribution is 7.92. The second kappa shape index (κ2) is 7.65. The molecule has 0 radical (unpaired) electrons. The van der Waals surface area contributed by atoms with Crippen LogP contribution in [0.5, 0.6) is 0 Å². The highest BCUT2D eigenvalue weighted by Gasteiger charge is 2.35. The number of carbonyl (C=O) groups excluding carboxylic acids is 2. The van der Waals surface area contributed by atoms with Gasteiger partial charge in [-0.1, -0.05) is 25.1 Å². The van der Waals surface area contributed by atoms with Crippen LogP contribution in [0, 0.1) is 0 Å². The molecule has 0 N–H and O–H groups in total. The molecule has 1 saturated heterocycles. The first kappa shape index (κ1) is 18.3. The van der Waals surface area contributed by atoms with Gasteiger partial charge in [0.1, 0.15) is 6.04 Å². The number of nitrogens with zero attached hydrogens (tertiary/aromatic N) is 3. The number of anilines is 1. The van der Waals surface area contributed by atoms with E-state index in [1.54, 1.807) is 47.1 Å². The zero-order valence-electron chi connectivity index (χ0n) is 14.0. The third kappa shape index (κ3) is 4.05. The van der Waals surface area contributed by atoms with Crippen LogP contribution in [-0.2, 0) is 19.6 Å². The van der Waals surface area contributed by atoms with Gasteiger partial charge in [0, 0.05) is 26.2 Å². The Morgan fingerprint density at radius 1 is 1.21 bits per heavy atom. The van der Waals surface area contributed by atoms with Crippen molar-refractivity contribution < 1.29 is 18.0 Å². The Labute approximate surface area is 142 Å². The Kier molecular flexibility index (Phi) is 5.82. The maximum Gasteiger partial charge on any atom is 0.246 e. The Morgan fingerprint density at radius 3 is 2.25 bits per heavy atom. The molecule has 7 nitrogen and oxygen atoms in total. The van der Waals surface area contributed by atoms with Crippen LogP contribution in [0.15, 0.2) is 30.3 Å². The van der Waals surface area contributed by atoms with Crippen molar-refractivity contribution in [2.24, 2.45) is 0 Å². The average Bonchev–Trinajstić information content (AvgIpc) is 2.58. The highest BCUT2D eigenvalue weighted by Crippen LogP contribution is 2.23. The van der Waals surface area contributed by atoms with Gasteiger partial charge in [0.2, 0.25) is 22.3 Å². The summed E-state index contributed by atoms with van der Waals surface area (Å²) in [6.07, 6.45) is 2.25. The maximum absolute atomic E-state index is 12.9. The topological polar surface area (TPSA) is 78.0 Å². The fourth-order valence-corrected chi connectivity index (χ4v) is 4.08. The summed E-state index contributed by atoms with van der Waals surface area (Å²) in [5.74, 6) is -0.225. The third-order valence-corrected chi connectivity index (χ3v) is 5.28. The molecule has 0 bridgehead atoms.